The quantitative estimate of drug-likeness (QED) is 0.687. The highest BCUT2D eigenvalue weighted by atomic mass is 79.9. The Kier molecular flexibility index (Phi) is 1.75. The average molecular weight is 218 g/mol. The summed E-state index contributed by atoms with van der Waals surface area (Å²) in [5.41, 5.74) is 1.04. The van der Waals surface area contributed by atoms with Crippen LogP contribution in [0.2, 0.25) is 0 Å². The van der Waals surface area contributed by atoms with Crippen molar-refractivity contribution in [3.8, 4) is 0 Å². The van der Waals surface area contributed by atoms with E-state index in [-0.39, 0.29) is 0 Å². The fourth-order valence-electron chi connectivity index (χ4n) is 1.26. The van der Waals surface area contributed by atoms with E-state index in [1.54, 1.807) is 0 Å². The van der Waals surface area contributed by atoms with Gasteiger partial charge in [-0.05, 0) is 22.0 Å². The SMILES string of the molecule is OC1CNCc2cc(Br)oc21. The Morgan fingerprint density at radius 1 is 1.73 bits per heavy atom. The number of furan rings is 1. The molecule has 0 radical (unpaired) electrons. The zero-order valence-electron chi connectivity index (χ0n) is 5.80. The molecule has 0 spiro atoms. The molecule has 1 unspecified atom stereocenters. The molecule has 3 nitrogen and oxygen atoms in total. The molecule has 0 aliphatic carbocycles. The van der Waals surface area contributed by atoms with Crippen molar-refractivity contribution in [1.82, 2.24) is 5.32 Å². The summed E-state index contributed by atoms with van der Waals surface area (Å²) >= 11 is 3.21. The van der Waals surface area contributed by atoms with Crippen LogP contribution >= 0.6 is 15.9 Å². The molecule has 1 atom stereocenters. The van der Waals surface area contributed by atoms with Crippen LogP contribution in [0.15, 0.2) is 15.2 Å². The molecule has 1 aromatic heterocycles. The summed E-state index contributed by atoms with van der Waals surface area (Å²) in [7, 11) is 0. The summed E-state index contributed by atoms with van der Waals surface area (Å²) in [4.78, 5) is 0. The number of hydrogen-bond donors (Lipinski definition) is 2. The first-order valence-electron chi connectivity index (χ1n) is 3.44. The van der Waals surface area contributed by atoms with Gasteiger partial charge in [-0.15, -0.1) is 0 Å². The van der Waals surface area contributed by atoms with Crippen LogP contribution in [0.25, 0.3) is 0 Å². The minimum Gasteiger partial charge on any atom is -0.451 e. The molecule has 2 rings (SSSR count). The number of rotatable bonds is 0. The van der Waals surface area contributed by atoms with Crippen LogP contribution in [-0.2, 0) is 6.54 Å². The summed E-state index contributed by atoms with van der Waals surface area (Å²) in [6.07, 6.45) is -0.495. The largest absolute Gasteiger partial charge is 0.451 e. The second-order valence-electron chi connectivity index (χ2n) is 2.59. The molecule has 1 aliphatic rings. The Morgan fingerprint density at radius 2 is 2.55 bits per heavy atom. The van der Waals surface area contributed by atoms with Crippen LogP contribution < -0.4 is 5.32 Å². The van der Waals surface area contributed by atoms with Gasteiger partial charge in [0.05, 0.1) is 0 Å². The van der Waals surface area contributed by atoms with Gasteiger partial charge in [0.2, 0.25) is 0 Å². The number of nitrogens with one attached hydrogen (secondary N) is 1. The predicted molar refractivity (Wildman–Crippen MR) is 43.1 cm³/mol. The summed E-state index contributed by atoms with van der Waals surface area (Å²) in [6, 6.07) is 1.88. The number of fused-ring (bicyclic) bond motifs is 1. The van der Waals surface area contributed by atoms with Gasteiger partial charge in [0.15, 0.2) is 4.67 Å². The second-order valence-corrected chi connectivity index (χ2v) is 3.37. The van der Waals surface area contributed by atoms with E-state index in [1.807, 2.05) is 6.07 Å². The summed E-state index contributed by atoms with van der Waals surface area (Å²) in [5, 5.41) is 12.5. The first-order valence-corrected chi connectivity index (χ1v) is 4.23. The number of halogens is 1. The van der Waals surface area contributed by atoms with Crippen LogP contribution in [0.5, 0.6) is 0 Å². The van der Waals surface area contributed by atoms with Crippen LogP contribution in [0, 0.1) is 0 Å². The zero-order chi connectivity index (χ0) is 7.84. The van der Waals surface area contributed by atoms with Gasteiger partial charge in [-0.2, -0.15) is 0 Å². The molecule has 0 saturated heterocycles. The molecule has 0 saturated carbocycles. The van der Waals surface area contributed by atoms with Crippen molar-refractivity contribution in [2.24, 2.45) is 0 Å². The van der Waals surface area contributed by atoms with Gasteiger partial charge in [0.1, 0.15) is 11.9 Å². The van der Waals surface area contributed by atoms with Gasteiger partial charge in [0.25, 0.3) is 0 Å². The number of hydrogen-bond acceptors (Lipinski definition) is 3. The zero-order valence-corrected chi connectivity index (χ0v) is 7.39. The highest BCUT2D eigenvalue weighted by molar-refractivity contribution is 9.10. The summed E-state index contributed by atoms with van der Waals surface area (Å²) < 4.78 is 5.93. The van der Waals surface area contributed by atoms with Gasteiger partial charge < -0.3 is 14.8 Å². The maximum atomic E-state index is 9.40. The predicted octanol–water partition coefficient (Wildman–Crippen LogP) is 1.18. The lowest BCUT2D eigenvalue weighted by Gasteiger charge is -2.16. The lowest BCUT2D eigenvalue weighted by molar-refractivity contribution is 0.136. The Hall–Kier alpha value is -0.320. The first kappa shape index (κ1) is 7.34. The van der Waals surface area contributed by atoms with Crippen molar-refractivity contribution in [3.05, 3.63) is 22.1 Å². The number of β-amino-alcohol motifs (C(OH)–C–C–N with tert-alkyl or cyclic N) is 1. The van der Waals surface area contributed by atoms with Crippen molar-refractivity contribution in [3.63, 3.8) is 0 Å². The normalized spacial score (nSPS) is 23.3. The van der Waals surface area contributed by atoms with Crippen LogP contribution in [0.4, 0.5) is 0 Å². The minimum atomic E-state index is -0.495. The Bertz CT molecular complexity index is 271. The van der Waals surface area contributed by atoms with E-state index < -0.39 is 6.10 Å². The highest BCUT2D eigenvalue weighted by Crippen LogP contribution is 2.27. The maximum Gasteiger partial charge on any atom is 0.169 e. The van der Waals surface area contributed by atoms with Gasteiger partial charge >= 0.3 is 0 Å². The lowest BCUT2D eigenvalue weighted by Crippen LogP contribution is -2.26. The Labute approximate surface area is 72.5 Å². The van der Waals surface area contributed by atoms with Crippen LogP contribution in [0.3, 0.4) is 0 Å². The topological polar surface area (TPSA) is 45.4 Å². The molecule has 4 heteroatoms. The van der Waals surface area contributed by atoms with Crippen molar-refractivity contribution in [2.45, 2.75) is 12.6 Å². The molecule has 0 fully saturated rings. The fourth-order valence-corrected chi connectivity index (χ4v) is 1.72. The number of aliphatic hydroxyl groups is 1. The van der Waals surface area contributed by atoms with Gasteiger partial charge in [-0.1, -0.05) is 0 Å². The smallest absolute Gasteiger partial charge is 0.169 e. The summed E-state index contributed by atoms with van der Waals surface area (Å²) in [6.45, 7) is 1.36. The lowest BCUT2D eigenvalue weighted by atomic mass is 10.1. The summed E-state index contributed by atoms with van der Waals surface area (Å²) in [5.74, 6) is 0.690. The molecule has 0 bridgehead atoms. The molecule has 0 amide bonds. The standard InChI is InChI=1S/C7H8BrNO2/c8-6-1-4-2-9-3-5(10)7(4)11-6/h1,5,9-10H,2-3H2. The van der Waals surface area contributed by atoms with E-state index in [4.69, 9.17) is 4.42 Å². The van der Waals surface area contributed by atoms with Gasteiger partial charge in [-0.3, -0.25) is 0 Å². The van der Waals surface area contributed by atoms with Crippen molar-refractivity contribution >= 4 is 15.9 Å². The van der Waals surface area contributed by atoms with E-state index in [0.29, 0.717) is 17.0 Å². The van der Waals surface area contributed by atoms with Gasteiger partial charge in [-0.25, -0.2) is 0 Å². The third kappa shape index (κ3) is 1.21. The minimum absolute atomic E-state index is 0.495. The molecule has 60 valence electrons. The Balaban J connectivity index is 2.43. The molecule has 1 aliphatic heterocycles. The maximum absolute atomic E-state index is 9.40. The molecular weight excluding hydrogens is 210 g/mol. The monoisotopic (exact) mass is 217 g/mol. The number of aliphatic hydroxyl groups excluding tert-OH is 1. The third-order valence-corrected chi connectivity index (χ3v) is 2.16. The first-order chi connectivity index (χ1) is 5.27. The van der Waals surface area contributed by atoms with Crippen molar-refractivity contribution in [1.29, 1.82) is 0 Å². The van der Waals surface area contributed by atoms with E-state index in [2.05, 4.69) is 21.2 Å². The van der Waals surface area contributed by atoms with Crippen molar-refractivity contribution in [2.75, 3.05) is 6.54 Å². The molecule has 2 N–H and O–H groups in total. The fraction of sp³-hybridized carbons (Fsp3) is 0.429. The van der Waals surface area contributed by atoms with E-state index in [9.17, 15) is 5.11 Å². The van der Waals surface area contributed by atoms with E-state index >= 15 is 0 Å². The molecule has 1 aromatic rings. The van der Waals surface area contributed by atoms with Crippen LogP contribution in [-0.4, -0.2) is 11.7 Å². The second kappa shape index (κ2) is 2.62. The van der Waals surface area contributed by atoms with Crippen LogP contribution in [0.1, 0.15) is 17.4 Å². The van der Waals surface area contributed by atoms with E-state index in [1.165, 1.54) is 0 Å². The van der Waals surface area contributed by atoms with Gasteiger partial charge in [0, 0.05) is 18.7 Å². The highest BCUT2D eigenvalue weighted by Gasteiger charge is 2.21. The Morgan fingerprint density at radius 3 is 3.27 bits per heavy atom. The third-order valence-electron chi connectivity index (χ3n) is 1.77. The molecule has 0 aromatic carbocycles. The average Bonchev–Trinajstić information content (AvgIpc) is 2.31. The molecule has 2 heterocycles. The van der Waals surface area contributed by atoms with Crippen molar-refractivity contribution < 1.29 is 9.52 Å². The van der Waals surface area contributed by atoms with E-state index in [0.717, 1.165) is 12.1 Å². The molecular formula is C7H8BrNO2. The molecule has 11 heavy (non-hydrogen) atoms.